The van der Waals surface area contributed by atoms with Gasteiger partial charge in [0.15, 0.2) is 0 Å². The van der Waals surface area contributed by atoms with E-state index in [1.165, 1.54) is 75.1 Å². The summed E-state index contributed by atoms with van der Waals surface area (Å²) in [6, 6.07) is 9.96. The minimum absolute atomic E-state index is 0.612. The first kappa shape index (κ1) is 21.0. The summed E-state index contributed by atoms with van der Waals surface area (Å²) in [5, 5.41) is 1.18. The maximum absolute atomic E-state index is 5.53. The Balaban J connectivity index is 0.000000423. The van der Waals surface area contributed by atoms with Crippen molar-refractivity contribution in [3.05, 3.63) is 35.9 Å². The molecule has 1 aromatic carbocycles. The average Bonchev–Trinajstić information content (AvgIpc) is 2.55. The summed E-state index contributed by atoms with van der Waals surface area (Å²) in [4.78, 5) is 0. The van der Waals surface area contributed by atoms with Crippen LogP contribution >= 0.6 is 27.5 Å². The lowest BCUT2D eigenvalue weighted by molar-refractivity contribution is 0.563. The molecule has 0 radical (unpaired) electrons. The number of rotatable bonds is 11. The van der Waals surface area contributed by atoms with Gasteiger partial charge in [-0.1, -0.05) is 111 Å². The van der Waals surface area contributed by atoms with Crippen molar-refractivity contribution in [2.75, 3.05) is 5.33 Å². The van der Waals surface area contributed by atoms with E-state index in [2.05, 4.69) is 22.9 Å². The van der Waals surface area contributed by atoms with E-state index in [0.717, 1.165) is 0 Å². The molecule has 0 saturated carbocycles. The molecule has 0 nitrogen and oxygen atoms in total. The number of halogens is 2. The molecule has 0 aromatic heterocycles. The van der Waals surface area contributed by atoms with E-state index in [1.807, 2.05) is 30.3 Å². The third-order valence-corrected chi connectivity index (χ3v) is 4.35. The van der Waals surface area contributed by atoms with Crippen molar-refractivity contribution in [1.82, 2.24) is 0 Å². The quantitative estimate of drug-likeness (QED) is 0.274. The molecule has 1 aromatic rings. The molecule has 0 heterocycles. The molecule has 2 heteroatoms. The molecule has 21 heavy (non-hydrogen) atoms. The molecule has 0 amide bonds. The lowest BCUT2D eigenvalue weighted by Crippen LogP contribution is -1.81. The molecule has 0 atom stereocenters. The van der Waals surface area contributed by atoms with E-state index in [1.54, 1.807) is 0 Å². The molecule has 0 fully saturated rings. The van der Waals surface area contributed by atoms with Gasteiger partial charge in [0.2, 0.25) is 0 Å². The van der Waals surface area contributed by atoms with Crippen molar-refractivity contribution >= 4 is 27.5 Å². The Hall–Kier alpha value is -0.0100. The van der Waals surface area contributed by atoms with Crippen LogP contribution in [0.25, 0.3) is 0 Å². The number of hydrogen-bond acceptors (Lipinski definition) is 0. The molecule has 0 spiro atoms. The van der Waals surface area contributed by atoms with Crippen LogP contribution in [0.2, 0.25) is 0 Å². The summed E-state index contributed by atoms with van der Waals surface area (Å²) in [6.45, 7) is 2.28. The lowest BCUT2D eigenvalue weighted by atomic mass is 10.1. The maximum atomic E-state index is 5.53. The van der Waals surface area contributed by atoms with Crippen LogP contribution in [0.3, 0.4) is 0 Å². The second-order valence-electron chi connectivity index (χ2n) is 5.49. The first-order valence-electron chi connectivity index (χ1n) is 8.51. The zero-order valence-corrected chi connectivity index (χ0v) is 16.0. The number of unbranched alkanes of at least 4 members (excludes halogenated alkanes) is 9. The molecule has 0 N–H and O–H groups in total. The summed E-state index contributed by atoms with van der Waals surface area (Å²) in [7, 11) is 0. The van der Waals surface area contributed by atoms with Gasteiger partial charge in [-0.2, -0.15) is 0 Å². The number of alkyl halides is 2. The summed E-state index contributed by atoms with van der Waals surface area (Å²) >= 11 is 8.99. The summed E-state index contributed by atoms with van der Waals surface area (Å²) < 4.78 is 0. The molecule has 0 aliphatic carbocycles. The monoisotopic (exact) mass is 374 g/mol. The number of hydrogen-bond donors (Lipinski definition) is 0. The van der Waals surface area contributed by atoms with Crippen LogP contribution in [-0.4, -0.2) is 5.33 Å². The van der Waals surface area contributed by atoms with Gasteiger partial charge >= 0.3 is 0 Å². The van der Waals surface area contributed by atoms with E-state index >= 15 is 0 Å². The van der Waals surface area contributed by atoms with Gasteiger partial charge in [0.05, 0.1) is 0 Å². The fourth-order valence-corrected chi connectivity index (χ4v) is 2.72. The van der Waals surface area contributed by atoms with Crippen molar-refractivity contribution in [1.29, 1.82) is 0 Å². The largest absolute Gasteiger partial charge is 0.122 e. The topological polar surface area (TPSA) is 0 Å². The molecule has 0 aliphatic rings. The van der Waals surface area contributed by atoms with Crippen LogP contribution in [0.4, 0.5) is 0 Å². The van der Waals surface area contributed by atoms with Crippen molar-refractivity contribution < 1.29 is 0 Å². The predicted octanol–water partition coefficient (Wildman–Crippen LogP) is 7.73. The van der Waals surface area contributed by atoms with Crippen molar-refractivity contribution in [2.24, 2.45) is 0 Å². The van der Waals surface area contributed by atoms with Crippen molar-refractivity contribution in [3.8, 4) is 0 Å². The highest BCUT2D eigenvalue weighted by Gasteiger charge is 1.91. The summed E-state index contributed by atoms with van der Waals surface area (Å²) in [5.41, 5.74) is 1.18. The predicted molar refractivity (Wildman–Crippen MR) is 102 cm³/mol. The third kappa shape index (κ3) is 16.2. The maximum Gasteiger partial charge on any atom is 0.0474 e. The van der Waals surface area contributed by atoms with Crippen molar-refractivity contribution in [2.45, 2.75) is 77.0 Å². The Morgan fingerprint density at radius 2 is 1.24 bits per heavy atom. The van der Waals surface area contributed by atoms with E-state index in [-0.39, 0.29) is 0 Å². The molecule has 1 rings (SSSR count). The van der Waals surface area contributed by atoms with Crippen LogP contribution < -0.4 is 0 Å². The van der Waals surface area contributed by atoms with Gasteiger partial charge in [-0.15, -0.1) is 11.6 Å². The van der Waals surface area contributed by atoms with Gasteiger partial charge in [0.25, 0.3) is 0 Å². The molecular weight excluding hydrogens is 344 g/mol. The van der Waals surface area contributed by atoms with Gasteiger partial charge in [-0.05, 0) is 12.0 Å². The van der Waals surface area contributed by atoms with Crippen LogP contribution in [0.1, 0.15) is 76.7 Å². The number of benzene rings is 1. The van der Waals surface area contributed by atoms with E-state index in [0.29, 0.717) is 5.88 Å². The first-order chi connectivity index (χ1) is 10.3. The first-order valence-corrected chi connectivity index (χ1v) is 10.2. The van der Waals surface area contributed by atoms with Gasteiger partial charge in [0, 0.05) is 11.2 Å². The zero-order chi connectivity index (χ0) is 15.6. The second-order valence-corrected chi connectivity index (χ2v) is 6.55. The average molecular weight is 376 g/mol. The Bertz CT molecular complexity index is 277. The van der Waals surface area contributed by atoms with Crippen LogP contribution in [0, 0.1) is 0 Å². The van der Waals surface area contributed by atoms with Gasteiger partial charge in [0.1, 0.15) is 0 Å². The van der Waals surface area contributed by atoms with E-state index < -0.39 is 0 Å². The highest BCUT2D eigenvalue weighted by Crippen LogP contribution is 2.10. The second kappa shape index (κ2) is 18.0. The highest BCUT2D eigenvalue weighted by atomic mass is 79.9. The van der Waals surface area contributed by atoms with Crippen LogP contribution in [-0.2, 0) is 5.88 Å². The van der Waals surface area contributed by atoms with Gasteiger partial charge in [-0.3, -0.25) is 0 Å². The molecule has 0 unspecified atom stereocenters. The fourth-order valence-electron chi connectivity index (χ4n) is 2.15. The van der Waals surface area contributed by atoms with Gasteiger partial charge in [-0.25, -0.2) is 0 Å². The molecule has 0 saturated heterocycles. The minimum atomic E-state index is 0.612. The Kier molecular flexibility index (Phi) is 18.0. The fraction of sp³-hybridized carbons (Fsp3) is 0.684. The Morgan fingerprint density at radius 1 is 0.762 bits per heavy atom. The normalized spacial score (nSPS) is 10.0. The van der Waals surface area contributed by atoms with Crippen LogP contribution in [0.15, 0.2) is 30.3 Å². The van der Waals surface area contributed by atoms with E-state index in [4.69, 9.17) is 11.6 Å². The molecular formula is C19H32BrCl. The standard InChI is InChI=1S/C12H25Br.C7H7Cl/c1-2-3-4-5-6-7-8-9-10-11-12-13;8-6-7-4-2-1-3-5-7/h2-12H2,1H3;1-5H,6H2. The third-order valence-electron chi connectivity index (χ3n) is 3.48. The molecule has 122 valence electrons. The Labute approximate surface area is 145 Å². The Morgan fingerprint density at radius 3 is 1.62 bits per heavy atom. The van der Waals surface area contributed by atoms with Gasteiger partial charge < -0.3 is 0 Å². The molecule has 0 aliphatic heterocycles. The summed E-state index contributed by atoms with van der Waals surface area (Å²) in [5.74, 6) is 0.612. The smallest absolute Gasteiger partial charge is 0.0474 e. The van der Waals surface area contributed by atoms with Crippen LogP contribution in [0.5, 0.6) is 0 Å². The van der Waals surface area contributed by atoms with Crippen molar-refractivity contribution in [3.63, 3.8) is 0 Å². The summed E-state index contributed by atoms with van der Waals surface area (Å²) in [6.07, 6.45) is 14.3. The minimum Gasteiger partial charge on any atom is -0.122 e. The molecule has 0 bridgehead atoms. The van der Waals surface area contributed by atoms with E-state index in [9.17, 15) is 0 Å². The lowest BCUT2D eigenvalue weighted by Gasteiger charge is -2.00. The highest BCUT2D eigenvalue weighted by molar-refractivity contribution is 9.09. The zero-order valence-electron chi connectivity index (χ0n) is 13.6. The SMILES string of the molecule is CCCCCCCCCCCCBr.ClCc1ccccc1.